The van der Waals surface area contributed by atoms with Gasteiger partial charge >= 0.3 is 0 Å². The number of halogens is 1. The van der Waals surface area contributed by atoms with Crippen molar-refractivity contribution < 1.29 is 8.42 Å². The Balaban J connectivity index is 3.69. The second-order valence-electron chi connectivity index (χ2n) is 2.27. The standard InChI is InChI=1S/C5H12ClNO2S/c1-5(3-4-6)7-10(2,8)9/h5,7H,3-4H2,1-2H3/t5-/m1/s1. The van der Waals surface area contributed by atoms with Crippen molar-refractivity contribution in [3.8, 4) is 0 Å². The van der Waals surface area contributed by atoms with E-state index < -0.39 is 10.0 Å². The number of sulfonamides is 1. The van der Waals surface area contributed by atoms with E-state index in [2.05, 4.69) is 4.72 Å². The average Bonchev–Trinajstić information content (AvgIpc) is 1.59. The van der Waals surface area contributed by atoms with Gasteiger partial charge in [-0.1, -0.05) is 0 Å². The first kappa shape index (κ1) is 10.2. The monoisotopic (exact) mass is 185 g/mol. The van der Waals surface area contributed by atoms with Crippen LogP contribution < -0.4 is 4.72 Å². The van der Waals surface area contributed by atoms with Gasteiger partial charge < -0.3 is 0 Å². The fourth-order valence-corrected chi connectivity index (χ4v) is 1.76. The third-order valence-electron chi connectivity index (χ3n) is 0.957. The minimum atomic E-state index is -3.05. The molecule has 0 amide bonds. The topological polar surface area (TPSA) is 46.2 Å². The van der Waals surface area contributed by atoms with Crippen molar-refractivity contribution in [3.63, 3.8) is 0 Å². The Kier molecular flexibility index (Phi) is 4.24. The number of hydrogen-bond donors (Lipinski definition) is 1. The molecule has 10 heavy (non-hydrogen) atoms. The molecule has 0 aliphatic carbocycles. The Morgan fingerprint density at radius 2 is 2.10 bits per heavy atom. The Morgan fingerprint density at radius 3 is 2.40 bits per heavy atom. The number of alkyl halides is 1. The highest BCUT2D eigenvalue weighted by molar-refractivity contribution is 7.88. The first-order valence-electron chi connectivity index (χ1n) is 2.99. The lowest BCUT2D eigenvalue weighted by atomic mass is 10.3. The van der Waals surface area contributed by atoms with Crippen molar-refractivity contribution in [2.24, 2.45) is 0 Å². The zero-order valence-corrected chi connectivity index (χ0v) is 7.67. The van der Waals surface area contributed by atoms with Crippen LogP contribution in [0.15, 0.2) is 0 Å². The second kappa shape index (κ2) is 4.16. The summed E-state index contributed by atoms with van der Waals surface area (Å²) in [6.07, 6.45) is 1.80. The van der Waals surface area contributed by atoms with Crippen molar-refractivity contribution in [1.82, 2.24) is 4.72 Å². The Hall–Kier alpha value is 0.200. The molecule has 62 valence electrons. The molecule has 0 radical (unpaired) electrons. The van der Waals surface area contributed by atoms with Gasteiger partial charge in [0.2, 0.25) is 10.0 Å². The van der Waals surface area contributed by atoms with Gasteiger partial charge in [0.25, 0.3) is 0 Å². The molecule has 0 saturated carbocycles. The van der Waals surface area contributed by atoms with Crippen LogP contribution in [0.5, 0.6) is 0 Å². The predicted molar refractivity (Wildman–Crippen MR) is 42.8 cm³/mol. The van der Waals surface area contributed by atoms with Gasteiger partial charge in [-0.15, -0.1) is 11.6 Å². The second-order valence-corrected chi connectivity index (χ2v) is 4.43. The summed E-state index contributed by atoms with van der Waals surface area (Å²) in [5, 5.41) is 0. The largest absolute Gasteiger partial charge is 0.213 e. The van der Waals surface area contributed by atoms with E-state index in [1.54, 1.807) is 6.92 Å². The molecule has 0 spiro atoms. The van der Waals surface area contributed by atoms with Gasteiger partial charge in [-0.3, -0.25) is 0 Å². The van der Waals surface area contributed by atoms with Gasteiger partial charge in [0.1, 0.15) is 0 Å². The van der Waals surface area contributed by atoms with Gasteiger partial charge in [-0.05, 0) is 13.3 Å². The summed E-state index contributed by atoms with van der Waals surface area (Å²) < 4.78 is 23.5. The van der Waals surface area contributed by atoms with Gasteiger partial charge in [-0.25, -0.2) is 13.1 Å². The first-order valence-corrected chi connectivity index (χ1v) is 5.41. The Bertz CT molecular complexity index is 178. The van der Waals surface area contributed by atoms with E-state index in [4.69, 9.17) is 11.6 Å². The zero-order chi connectivity index (χ0) is 8.20. The van der Waals surface area contributed by atoms with Crippen LogP contribution in [0.1, 0.15) is 13.3 Å². The van der Waals surface area contributed by atoms with E-state index in [1.165, 1.54) is 0 Å². The molecule has 0 unspecified atom stereocenters. The van der Waals surface area contributed by atoms with Crippen molar-refractivity contribution in [2.45, 2.75) is 19.4 Å². The molecule has 1 N–H and O–H groups in total. The van der Waals surface area contributed by atoms with Crippen LogP contribution in [0.2, 0.25) is 0 Å². The highest BCUT2D eigenvalue weighted by Gasteiger charge is 2.06. The SMILES string of the molecule is C[C@H](CCCl)NS(C)(=O)=O. The quantitative estimate of drug-likeness (QED) is 0.651. The van der Waals surface area contributed by atoms with Gasteiger partial charge in [0.15, 0.2) is 0 Å². The van der Waals surface area contributed by atoms with Crippen molar-refractivity contribution >= 4 is 21.6 Å². The van der Waals surface area contributed by atoms with Crippen LogP contribution >= 0.6 is 11.6 Å². The molecule has 0 bridgehead atoms. The highest BCUT2D eigenvalue weighted by Crippen LogP contribution is 1.93. The summed E-state index contributed by atoms with van der Waals surface area (Å²) in [6, 6.07) is -0.0625. The van der Waals surface area contributed by atoms with Gasteiger partial charge in [0, 0.05) is 11.9 Å². The molecule has 0 saturated heterocycles. The normalized spacial score (nSPS) is 15.1. The molecule has 0 rings (SSSR count). The number of nitrogens with one attached hydrogen (secondary N) is 1. The van der Waals surface area contributed by atoms with Gasteiger partial charge in [0.05, 0.1) is 6.26 Å². The smallest absolute Gasteiger partial charge is 0.208 e. The molecule has 3 nitrogen and oxygen atoms in total. The average molecular weight is 186 g/mol. The lowest BCUT2D eigenvalue weighted by Gasteiger charge is -2.08. The molecule has 0 aliphatic rings. The van der Waals surface area contributed by atoms with E-state index in [9.17, 15) is 8.42 Å². The molecular formula is C5H12ClNO2S. The van der Waals surface area contributed by atoms with E-state index in [-0.39, 0.29) is 6.04 Å². The summed E-state index contributed by atoms with van der Waals surface area (Å²) in [4.78, 5) is 0. The van der Waals surface area contributed by atoms with E-state index in [0.717, 1.165) is 6.26 Å². The molecule has 0 fully saturated rings. The molecule has 0 aliphatic heterocycles. The summed E-state index contributed by atoms with van der Waals surface area (Å²) in [5.74, 6) is 0.476. The summed E-state index contributed by atoms with van der Waals surface area (Å²) in [5.41, 5.74) is 0. The third kappa shape index (κ3) is 6.32. The molecule has 0 aromatic carbocycles. The maximum Gasteiger partial charge on any atom is 0.208 e. The van der Waals surface area contributed by atoms with Crippen LogP contribution in [0.25, 0.3) is 0 Å². The molecule has 0 aromatic rings. The summed E-state index contributed by atoms with van der Waals surface area (Å²) >= 11 is 5.39. The minimum Gasteiger partial charge on any atom is -0.213 e. The van der Waals surface area contributed by atoms with Crippen LogP contribution in [0, 0.1) is 0 Å². The molecule has 0 heterocycles. The first-order chi connectivity index (χ1) is 4.45. The molecular weight excluding hydrogens is 174 g/mol. The maximum atomic E-state index is 10.6. The maximum absolute atomic E-state index is 10.6. The van der Waals surface area contributed by atoms with Crippen LogP contribution in [0.4, 0.5) is 0 Å². The van der Waals surface area contributed by atoms with Crippen LogP contribution in [-0.2, 0) is 10.0 Å². The fraction of sp³-hybridized carbons (Fsp3) is 1.00. The van der Waals surface area contributed by atoms with Crippen LogP contribution in [-0.4, -0.2) is 26.6 Å². The lowest BCUT2D eigenvalue weighted by Crippen LogP contribution is -2.31. The predicted octanol–water partition coefficient (Wildman–Crippen LogP) is 0.553. The van der Waals surface area contributed by atoms with Crippen molar-refractivity contribution in [3.05, 3.63) is 0 Å². The molecule has 0 aromatic heterocycles. The summed E-state index contributed by atoms with van der Waals surface area (Å²) in [7, 11) is -3.05. The Labute approximate surface area is 66.8 Å². The third-order valence-corrected chi connectivity index (χ3v) is 2.01. The van der Waals surface area contributed by atoms with E-state index in [0.29, 0.717) is 12.3 Å². The molecule has 5 heteroatoms. The van der Waals surface area contributed by atoms with E-state index >= 15 is 0 Å². The number of rotatable bonds is 4. The van der Waals surface area contributed by atoms with Crippen molar-refractivity contribution in [1.29, 1.82) is 0 Å². The zero-order valence-electron chi connectivity index (χ0n) is 6.09. The summed E-state index contributed by atoms with van der Waals surface area (Å²) in [6.45, 7) is 1.78. The Morgan fingerprint density at radius 1 is 1.60 bits per heavy atom. The lowest BCUT2D eigenvalue weighted by molar-refractivity contribution is 0.562. The highest BCUT2D eigenvalue weighted by atomic mass is 35.5. The molecule has 1 atom stereocenters. The minimum absolute atomic E-state index is 0.0625. The van der Waals surface area contributed by atoms with E-state index in [1.807, 2.05) is 0 Å². The van der Waals surface area contributed by atoms with Crippen LogP contribution in [0.3, 0.4) is 0 Å². The van der Waals surface area contributed by atoms with Crippen molar-refractivity contribution in [2.75, 3.05) is 12.1 Å². The van der Waals surface area contributed by atoms with Gasteiger partial charge in [-0.2, -0.15) is 0 Å². The fourth-order valence-electron chi connectivity index (χ4n) is 0.588. The number of hydrogen-bond acceptors (Lipinski definition) is 2.